The second kappa shape index (κ2) is 2.72. The zero-order chi connectivity index (χ0) is 10.3. The van der Waals surface area contributed by atoms with Crippen molar-refractivity contribution in [2.24, 2.45) is 5.41 Å². The van der Waals surface area contributed by atoms with Crippen molar-refractivity contribution >= 4 is 11.9 Å². The molecular formula is C9H14O4. The van der Waals surface area contributed by atoms with Gasteiger partial charge in [0.2, 0.25) is 0 Å². The maximum absolute atomic E-state index is 11.5. The van der Waals surface area contributed by atoms with Gasteiger partial charge in [-0.1, -0.05) is 6.92 Å². The summed E-state index contributed by atoms with van der Waals surface area (Å²) in [5.74, 6) is -2.13. The molecule has 0 atom stereocenters. The molecule has 0 aliphatic carbocycles. The van der Waals surface area contributed by atoms with E-state index in [1.165, 1.54) is 20.8 Å². The lowest BCUT2D eigenvalue weighted by Gasteiger charge is -2.37. The molecule has 0 amide bonds. The van der Waals surface area contributed by atoms with E-state index in [1.54, 1.807) is 6.92 Å². The first-order chi connectivity index (χ1) is 5.82. The van der Waals surface area contributed by atoms with Gasteiger partial charge in [0.15, 0.2) is 5.41 Å². The molecular weight excluding hydrogens is 172 g/mol. The smallest absolute Gasteiger partial charge is 0.326 e. The van der Waals surface area contributed by atoms with E-state index in [-0.39, 0.29) is 0 Å². The first-order valence-corrected chi connectivity index (χ1v) is 4.29. The molecule has 1 fully saturated rings. The maximum atomic E-state index is 11.5. The molecule has 0 aromatic rings. The molecule has 13 heavy (non-hydrogen) atoms. The average Bonchev–Trinajstić information content (AvgIpc) is 1.98. The second-order valence-electron chi connectivity index (χ2n) is 3.86. The molecule has 0 bridgehead atoms. The Morgan fingerprint density at radius 3 is 1.77 bits per heavy atom. The van der Waals surface area contributed by atoms with Gasteiger partial charge in [-0.05, 0) is 13.3 Å². The number of esters is 2. The average molecular weight is 186 g/mol. The zero-order valence-corrected chi connectivity index (χ0v) is 8.34. The van der Waals surface area contributed by atoms with Gasteiger partial charge in [-0.15, -0.1) is 0 Å². The molecule has 0 aromatic carbocycles. The first kappa shape index (κ1) is 10.0. The summed E-state index contributed by atoms with van der Waals surface area (Å²) in [5.41, 5.74) is -1.13. The van der Waals surface area contributed by atoms with Crippen LogP contribution >= 0.6 is 0 Å². The number of cyclic esters (lactones) is 2. The Balaban J connectivity index is 2.96. The predicted octanol–water partition coefficient (Wildman–Crippen LogP) is 1.24. The fraction of sp³-hybridized carbons (Fsp3) is 0.778. The van der Waals surface area contributed by atoms with Crippen LogP contribution in [0.25, 0.3) is 0 Å². The Kier molecular flexibility index (Phi) is 2.10. The highest BCUT2D eigenvalue weighted by Crippen LogP contribution is 2.34. The summed E-state index contributed by atoms with van der Waals surface area (Å²) in [4.78, 5) is 22.9. The summed E-state index contributed by atoms with van der Waals surface area (Å²) in [6.45, 7) is 6.36. The van der Waals surface area contributed by atoms with E-state index in [0.29, 0.717) is 6.42 Å². The highest BCUT2D eigenvalue weighted by Gasteiger charge is 2.51. The van der Waals surface area contributed by atoms with Crippen LogP contribution in [0.1, 0.15) is 34.1 Å². The van der Waals surface area contributed by atoms with Crippen LogP contribution in [0.4, 0.5) is 0 Å². The molecule has 0 unspecified atom stereocenters. The minimum atomic E-state index is -1.13. The van der Waals surface area contributed by atoms with Gasteiger partial charge in [0.25, 0.3) is 5.79 Å². The van der Waals surface area contributed by atoms with Crippen LogP contribution in [0.3, 0.4) is 0 Å². The molecule has 1 heterocycles. The van der Waals surface area contributed by atoms with Crippen molar-refractivity contribution in [2.45, 2.75) is 39.9 Å². The Bertz CT molecular complexity index is 234. The Hall–Kier alpha value is -1.06. The van der Waals surface area contributed by atoms with Crippen LogP contribution in [-0.4, -0.2) is 17.7 Å². The van der Waals surface area contributed by atoms with Crippen molar-refractivity contribution < 1.29 is 19.1 Å². The van der Waals surface area contributed by atoms with Gasteiger partial charge in [0.1, 0.15) is 0 Å². The fourth-order valence-electron chi connectivity index (χ4n) is 1.06. The summed E-state index contributed by atoms with van der Waals surface area (Å²) in [6.07, 6.45) is 0.390. The largest absolute Gasteiger partial charge is 0.422 e. The summed E-state index contributed by atoms with van der Waals surface area (Å²) in [6, 6.07) is 0. The lowest BCUT2D eigenvalue weighted by atomic mass is 9.87. The number of ether oxygens (including phenoxy) is 2. The normalized spacial score (nSPS) is 24.9. The lowest BCUT2D eigenvalue weighted by molar-refractivity contribution is -0.249. The van der Waals surface area contributed by atoms with Gasteiger partial charge in [-0.3, -0.25) is 9.59 Å². The van der Waals surface area contributed by atoms with Crippen LogP contribution in [0.15, 0.2) is 0 Å². The van der Waals surface area contributed by atoms with E-state index in [4.69, 9.17) is 9.47 Å². The van der Waals surface area contributed by atoms with Gasteiger partial charge in [-0.25, -0.2) is 0 Å². The molecule has 4 nitrogen and oxygen atoms in total. The summed E-state index contributed by atoms with van der Waals surface area (Å²) in [7, 11) is 0. The quantitative estimate of drug-likeness (QED) is 0.456. The summed E-state index contributed by atoms with van der Waals surface area (Å²) < 4.78 is 9.94. The predicted molar refractivity (Wildman–Crippen MR) is 44.7 cm³/mol. The zero-order valence-electron chi connectivity index (χ0n) is 8.34. The molecule has 1 aliphatic rings. The number of carbonyl (C=O) groups excluding carboxylic acids is 2. The Labute approximate surface area is 77.2 Å². The molecule has 4 heteroatoms. The third-order valence-electron chi connectivity index (χ3n) is 2.29. The topological polar surface area (TPSA) is 52.6 Å². The minimum Gasteiger partial charge on any atom is -0.422 e. The Morgan fingerprint density at radius 1 is 1.08 bits per heavy atom. The van der Waals surface area contributed by atoms with Crippen molar-refractivity contribution in [1.29, 1.82) is 0 Å². The third-order valence-corrected chi connectivity index (χ3v) is 2.29. The van der Waals surface area contributed by atoms with Crippen LogP contribution in [0.2, 0.25) is 0 Å². The number of rotatable bonds is 1. The van der Waals surface area contributed by atoms with E-state index in [0.717, 1.165) is 0 Å². The van der Waals surface area contributed by atoms with Crippen molar-refractivity contribution in [1.82, 2.24) is 0 Å². The highest BCUT2D eigenvalue weighted by molar-refractivity contribution is 6.01. The molecule has 0 spiro atoms. The second-order valence-corrected chi connectivity index (χ2v) is 3.86. The van der Waals surface area contributed by atoms with Crippen molar-refractivity contribution in [3.8, 4) is 0 Å². The van der Waals surface area contributed by atoms with Gasteiger partial charge < -0.3 is 9.47 Å². The number of carbonyl (C=O) groups is 2. The van der Waals surface area contributed by atoms with E-state index in [2.05, 4.69) is 0 Å². The lowest BCUT2D eigenvalue weighted by Crippen LogP contribution is -2.52. The molecule has 0 saturated carbocycles. The van der Waals surface area contributed by atoms with E-state index in [9.17, 15) is 9.59 Å². The highest BCUT2D eigenvalue weighted by atomic mass is 16.7. The van der Waals surface area contributed by atoms with E-state index < -0.39 is 23.1 Å². The van der Waals surface area contributed by atoms with Crippen molar-refractivity contribution in [2.75, 3.05) is 0 Å². The van der Waals surface area contributed by atoms with E-state index >= 15 is 0 Å². The molecule has 1 rings (SSSR count). The monoisotopic (exact) mass is 186 g/mol. The van der Waals surface area contributed by atoms with E-state index in [1.807, 2.05) is 0 Å². The summed E-state index contributed by atoms with van der Waals surface area (Å²) in [5, 5.41) is 0. The van der Waals surface area contributed by atoms with Crippen LogP contribution in [0, 0.1) is 5.41 Å². The fourth-order valence-corrected chi connectivity index (χ4v) is 1.06. The summed E-state index contributed by atoms with van der Waals surface area (Å²) >= 11 is 0. The van der Waals surface area contributed by atoms with Crippen molar-refractivity contribution in [3.05, 3.63) is 0 Å². The van der Waals surface area contributed by atoms with Gasteiger partial charge in [0.05, 0.1) is 0 Å². The van der Waals surface area contributed by atoms with Gasteiger partial charge >= 0.3 is 11.9 Å². The Morgan fingerprint density at radius 2 is 1.46 bits per heavy atom. The number of hydrogen-bond donors (Lipinski definition) is 0. The standard InChI is InChI=1S/C9H14O4/c1-5-9(4)6(10)12-8(2,3)13-7(9)11/h5H2,1-4H3. The van der Waals surface area contributed by atoms with Crippen LogP contribution < -0.4 is 0 Å². The number of hydrogen-bond acceptors (Lipinski definition) is 4. The molecule has 1 saturated heterocycles. The molecule has 1 aliphatic heterocycles. The molecule has 0 aromatic heterocycles. The van der Waals surface area contributed by atoms with Gasteiger partial charge in [-0.2, -0.15) is 0 Å². The first-order valence-electron chi connectivity index (χ1n) is 4.29. The minimum absolute atomic E-state index is 0.390. The molecule has 74 valence electrons. The van der Waals surface area contributed by atoms with Gasteiger partial charge in [0, 0.05) is 13.8 Å². The van der Waals surface area contributed by atoms with Crippen LogP contribution in [0.5, 0.6) is 0 Å². The van der Waals surface area contributed by atoms with Crippen molar-refractivity contribution in [3.63, 3.8) is 0 Å². The van der Waals surface area contributed by atoms with Crippen LogP contribution in [-0.2, 0) is 19.1 Å². The SMILES string of the molecule is CCC1(C)C(=O)OC(C)(C)OC1=O. The maximum Gasteiger partial charge on any atom is 0.326 e. The molecule has 0 N–H and O–H groups in total. The molecule has 0 radical (unpaired) electrons. The third kappa shape index (κ3) is 1.53.